The molecule has 0 radical (unpaired) electrons. The molecule has 7 heteroatoms. The van der Waals surface area contributed by atoms with Crippen molar-refractivity contribution in [1.29, 1.82) is 0 Å². The maximum absolute atomic E-state index is 6.12. The van der Waals surface area contributed by atoms with E-state index in [1.807, 2.05) is 12.1 Å². The normalized spacial score (nSPS) is 15.2. The maximum atomic E-state index is 6.12. The minimum atomic E-state index is 0.303. The van der Waals surface area contributed by atoms with E-state index in [0.717, 1.165) is 69.5 Å². The average molecular weight is 392 g/mol. The maximum Gasteiger partial charge on any atom is 0.218 e. The van der Waals surface area contributed by atoms with Gasteiger partial charge < -0.3 is 25.0 Å². The van der Waals surface area contributed by atoms with E-state index in [4.69, 9.17) is 14.5 Å². The van der Waals surface area contributed by atoms with Gasteiger partial charge in [-0.3, -0.25) is 0 Å². The average Bonchev–Trinajstić information content (AvgIpc) is 3.20. The Morgan fingerprint density at radius 2 is 2.11 bits per heavy atom. The quantitative estimate of drug-likeness (QED) is 0.324. The number of aromatic nitrogens is 1. The largest absolute Gasteiger partial charge is 0.474 e. The molecule has 1 fully saturated rings. The SMILES string of the molecule is CCNC(=NCc1cccnc1OC1CCCC1)NCCN(C)CCCOC. The fourth-order valence-electron chi connectivity index (χ4n) is 3.28. The zero-order chi connectivity index (χ0) is 20.0. The second kappa shape index (κ2) is 13.3. The van der Waals surface area contributed by atoms with Gasteiger partial charge in [0.1, 0.15) is 6.10 Å². The molecule has 0 spiro atoms. The van der Waals surface area contributed by atoms with Gasteiger partial charge in [-0.15, -0.1) is 0 Å². The Kier molecular flexibility index (Phi) is 10.7. The summed E-state index contributed by atoms with van der Waals surface area (Å²) in [5.74, 6) is 1.55. The summed E-state index contributed by atoms with van der Waals surface area (Å²) in [6, 6.07) is 4.00. The van der Waals surface area contributed by atoms with Gasteiger partial charge in [0.25, 0.3) is 0 Å². The second-order valence-corrected chi connectivity index (χ2v) is 7.26. The van der Waals surface area contributed by atoms with E-state index < -0.39 is 0 Å². The van der Waals surface area contributed by atoms with Crippen LogP contribution in [0.1, 0.15) is 44.6 Å². The predicted octanol–water partition coefficient (Wildman–Crippen LogP) is 2.43. The summed E-state index contributed by atoms with van der Waals surface area (Å²) in [6.07, 6.45) is 7.89. The van der Waals surface area contributed by atoms with Crippen LogP contribution in [0.15, 0.2) is 23.3 Å². The molecule has 0 saturated heterocycles. The van der Waals surface area contributed by atoms with E-state index in [1.165, 1.54) is 12.8 Å². The summed E-state index contributed by atoms with van der Waals surface area (Å²) in [7, 11) is 3.87. The molecule has 1 aromatic rings. The number of likely N-dealkylation sites (N-methyl/N-ethyl adjacent to an activating group) is 1. The van der Waals surface area contributed by atoms with Crippen LogP contribution < -0.4 is 15.4 Å². The monoisotopic (exact) mass is 391 g/mol. The number of ether oxygens (including phenoxy) is 2. The summed E-state index contributed by atoms with van der Waals surface area (Å²) in [4.78, 5) is 11.5. The summed E-state index contributed by atoms with van der Waals surface area (Å²) >= 11 is 0. The van der Waals surface area contributed by atoms with Crippen LogP contribution in [0.3, 0.4) is 0 Å². The van der Waals surface area contributed by atoms with Crippen LogP contribution in [0.4, 0.5) is 0 Å². The highest BCUT2D eigenvalue weighted by Gasteiger charge is 2.18. The molecule has 1 aliphatic rings. The summed E-state index contributed by atoms with van der Waals surface area (Å²) in [5.41, 5.74) is 1.03. The molecule has 2 N–H and O–H groups in total. The smallest absolute Gasteiger partial charge is 0.218 e. The first-order chi connectivity index (χ1) is 13.7. The van der Waals surface area contributed by atoms with E-state index in [-0.39, 0.29) is 0 Å². The Balaban J connectivity index is 1.84. The molecule has 0 aliphatic heterocycles. The van der Waals surface area contributed by atoms with Crippen molar-refractivity contribution in [3.8, 4) is 5.88 Å². The highest BCUT2D eigenvalue weighted by atomic mass is 16.5. The van der Waals surface area contributed by atoms with Crippen LogP contribution >= 0.6 is 0 Å². The summed E-state index contributed by atoms with van der Waals surface area (Å²) in [5, 5.41) is 6.72. The molecule has 28 heavy (non-hydrogen) atoms. The molecule has 158 valence electrons. The molecule has 2 rings (SSSR count). The number of methoxy groups -OCH3 is 1. The van der Waals surface area contributed by atoms with Gasteiger partial charge in [0.05, 0.1) is 6.54 Å². The number of nitrogens with one attached hydrogen (secondary N) is 2. The molecule has 0 unspecified atom stereocenters. The number of hydrogen-bond donors (Lipinski definition) is 2. The molecule has 1 aliphatic carbocycles. The molecule has 1 heterocycles. The second-order valence-electron chi connectivity index (χ2n) is 7.26. The fourth-order valence-corrected chi connectivity index (χ4v) is 3.28. The number of pyridine rings is 1. The summed E-state index contributed by atoms with van der Waals surface area (Å²) in [6.45, 7) is 7.08. The Morgan fingerprint density at radius 3 is 2.86 bits per heavy atom. The Bertz CT molecular complexity index is 576. The fraction of sp³-hybridized carbons (Fsp3) is 0.714. The van der Waals surface area contributed by atoms with Gasteiger partial charge in [0, 0.05) is 51.7 Å². The van der Waals surface area contributed by atoms with Crippen molar-refractivity contribution in [1.82, 2.24) is 20.5 Å². The number of rotatable bonds is 12. The van der Waals surface area contributed by atoms with Crippen molar-refractivity contribution in [3.63, 3.8) is 0 Å². The predicted molar refractivity (Wildman–Crippen MR) is 114 cm³/mol. The third-order valence-corrected chi connectivity index (χ3v) is 4.86. The lowest BCUT2D eigenvalue weighted by Gasteiger charge is -2.18. The standard InChI is InChI=1S/C21H37N5O2/c1-4-22-21(24-13-15-26(2)14-8-16-27-3)25-17-18-9-7-12-23-20(18)28-19-10-5-6-11-19/h7,9,12,19H,4-6,8,10-11,13-17H2,1-3H3,(H2,22,24,25). The number of guanidine groups is 1. The molecule has 7 nitrogen and oxygen atoms in total. The number of hydrogen-bond acceptors (Lipinski definition) is 5. The van der Waals surface area contributed by atoms with E-state index in [1.54, 1.807) is 13.3 Å². The van der Waals surface area contributed by atoms with Crippen LogP contribution in [0.25, 0.3) is 0 Å². The van der Waals surface area contributed by atoms with Crippen molar-refractivity contribution in [2.75, 3.05) is 46.9 Å². The van der Waals surface area contributed by atoms with Gasteiger partial charge in [-0.2, -0.15) is 0 Å². The van der Waals surface area contributed by atoms with E-state index in [0.29, 0.717) is 12.6 Å². The van der Waals surface area contributed by atoms with Gasteiger partial charge in [-0.05, 0) is 52.1 Å². The zero-order valence-corrected chi connectivity index (χ0v) is 17.7. The van der Waals surface area contributed by atoms with Gasteiger partial charge in [0.2, 0.25) is 5.88 Å². The van der Waals surface area contributed by atoms with Crippen molar-refractivity contribution in [2.45, 2.75) is 51.7 Å². The minimum absolute atomic E-state index is 0.303. The molecule has 1 aromatic heterocycles. The third-order valence-electron chi connectivity index (χ3n) is 4.86. The van der Waals surface area contributed by atoms with Crippen molar-refractivity contribution in [2.24, 2.45) is 4.99 Å². The first-order valence-corrected chi connectivity index (χ1v) is 10.5. The molecule has 0 bridgehead atoms. The molecule has 0 atom stereocenters. The lowest BCUT2D eigenvalue weighted by atomic mass is 10.2. The number of nitrogens with zero attached hydrogens (tertiary/aromatic N) is 3. The van der Waals surface area contributed by atoms with Crippen molar-refractivity contribution < 1.29 is 9.47 Å². The lowest BCUT2D eigenvalue weighted by Crippen LogP contribution is -2.41. The summed E-state index contributed by atoms with van der Waals surface area (Å²) < 4.78 is 11.2. The highest BCUT2D eigenvalue weighted by Crippen LogP contribution is 2.25. The van der Waals surface area contributed by atoms with Crippen molar-refractivity contribution >= 4 is 5.96 Å². The van der Waals surface area contributed by atoms with Crippen LogP contribution in [0.2, 0.25) is 0 Å². The van der Waals surface area contributed by atoms with E-state index >= 15 is 0 Å². The van der Waals surface area contributed by atoms with Gasteiger partial charge in [0.15, 0.2) is 5.96 Å². The Hall–Kier alpha value is -1.86. The van der Waals surface area contributed by atoms with E-state index in [9.17, 15) is 0 Å². The zero-order valence-electron chi connectivity index (χ0n) is 17.7. The highest BCUT2D eigenvalue weighted by molar-refractivity contribution is 5.79. The van der Waals surface area contributed by atoms with Crippen LogP contribution in [0, 0.1) is 0 Å². The number of aliphatic imine (C=N–C) groups is 1. The van der Waals surface area contributed by atoms with E-state index in [2.05, 4.69) is 34.5 Å². The molecular formula is C21H37N5O2. The first kappa shape index (κ1) is 22.4. The molecular weight excluding hydrogens is 354 g/mol. The first-order valence-electron chi connectivity index (χ1n) is 10.5. The van der Waals surface area contributed by atoms with Crippen LogP contribution in [-0.4, -0.2) is 68.9 Å². The van der Waals surface area contributed by atoms with Gasteiger partial charge in [-0.1, -0.05) is 6.07 Å². The van der Waals surface area contributed by atoms with Crippen molar-refractivity contribution in [3.05, 3.63) is 23.9 Å². The van der Waals surface area contributed by atoms with Crippen LogP contribution in [0.5, 0.6) is 5.88 Å². The van der Waals surface area contributed by atoms with Gasteiger partial charge >= 0.3 is 0 Å². The Labute approximate surface area is 169 Å². The lowest BCUT2D eigenvalue weighted by molar-refractivity contribution is 0.180. The molecule has 0 aromatic carbocycles. The Morgan fingerprint density at radius 1 is 1.29 bits per heavy atom. The van der Waals surface area contributed by atoms with Gasteiger partial charge in [-0.25, -0.2) is 9.98 Å². The minimum Gasteiger partial charge on any atom is -0.474 e. The third kappa shape index (κ3) is 8.44. The van der Waals surface area contributed by atoms with Crippen LogP contribution in [-0.2, 0) is 11.3 Å². The molecule has 0 amide bonds. The molecule has 1 saturated carbocycles. The topological polar surface area (TPSA) is 71.0 Å².